The Balaban J connectivity index is 2.23. The fourth-order valence-electron chi connectivity index (χ4n) is 1.92. The van der Waals surface area contributed by atoms with Gasteiger partial charge in [0.1, 0.15) is 0 Å². The van der Waals surface area contributed by atoms with Gasteiger partial charge in [-0.2, -0.15) is 16.1 Å². The van der Waals surface area contributed by atoms with E-state index in [2.05, 4.69) is 0 Å². The molecule has 1 aromatic rings. The van der Waals surface area contributed by atoms with Crippen LogP contribution in [0.4, 0.5) is 0 Å². The van der Waals surface area contributed by atoms with E-state index in [4.69, 9.17) is 5.11 Å². The van der Waals surface area contributed by atoms with Crippen LogP contribution in [0.5, 0.6) is 0 Å². The second kappa shape index (κ2) is 5.61. The van der Waals surface area contributed by atoms with Crippen molar-refractivity contribution in [3.05, 3.63) is 29.8 Å². The van der Waals surface area contributed by atoms with Crippen molar-refractivity contribution in [2.75, 3.05) is 18.8 Å². The molecule has 0 aliphatic carbocycles. The van der Waals surface area contributed by atoms with E-state index in [1.165, 1.54) is 0 Å². The zero-order valence-electron chi connectivity index (χ0n) is 10.2. The van der Waals surface area contributed by atoms with Crippen LogP contribution in [-0.4, -0.2) is 41.9 Å². The number of benzene rings is 1. The monoisotopic (exact) mass is 287 g/mol. The zero-order valence-corrected chi connectivity index (χ0v) is 11.9. The summed E-state index contributed by atoms with van der Waals surface area (Å²) >= 11 is 1.80. The standard InChI is InChI=1S/C12H17NO3S2/c1-10-8-13(6-7-17-10)18(15,16)12-4-2-11(9-14)3-5-12/h2-5,10,14H,6-9H2,1H3. The molecule has 1 saturated heterocycles. The summed E-state index contributed by atoms with van der Waals surface area (Å²) in [6, 6.07) is 6.42. The van der Waals surface area contributed by atoms with Crippen molar-refractivity contribution in [3.8, 4) is 0 Å². The number of nitrogens with zero attached hydrogens (tertiary/aromatic N) is 1. The first-order chi connectivity index (χ1) is 8.54. The Morgan fingerprint density at radius 1 is 1.39 bits per heavy atom. The molecule has 1 aliphatic rings. The van der Waals surface area contributed by atoms with Gasteiger partial charge in [0.25, 0.3) is 0 Å². The van der Waals surface area contributed by atoms with Gasteiger partial charge < -0.3 is 5.11 Å². The van der Waals surface area contributed by atoms with Crippen LogP contribution in [0.1, 0.15) is 12.5 Å². The maximum atomic E-state index is 12.4. The number of thioether (sulfide) groups is 1. The predicted octanol–water partition coefficient (Wildman–Crippen LogP) is 1.30. The summed E-state index contributed by atoms with van der Waals surface area (Å²) in [7, 11) is -3.38. The molecule has 0 amide bonds. The van der Waals surface area contributed by atoms with Crippen molar-refractivity contribution in [2.24, 2.45) is 0 Å². The van der Waals surface area contributed by atoms with E-state index < -0.39 is 10.0 Å². The number of aliphatic hydroxyl groups excluding tert-OH is 1. The molecular formula is C12H17NO3S2. The quantitative estimate of drug-likeness (QED) is 0.910. The number of aliphatic hydroxyl groups is 1. The number of hydrogen-bond acceptors (Lipinski definition) is 4. The predicted molar refractivity (Wildman–Crippen MR) is 73.0 cm³/mol. The Kier molecular flexibility index (Phi) is 4.32. The van der Waals surface area contributed by atoms with Gasteiger partial charge in [0.2, 0.25) is 10.0 Å². The Labute approximate surface area is 112 Å². The minimum Gasteiger partial charge on any atom is -0.392 e. The van der Waals surface area contributed by atoms with Gasteiger partial charge in [-0.25, -0.2) is 8.42 Å². The lowest BCUT2D eigenvalue weighted by Crippen LogP contribution is -2.40. The Bertz CT molecular complexity index is 499. The highest BCUT2D eigenvalue weighted by atomic mass is 32.2. The summed E-state index contributed by atoms with van der Waals surface area (Å²) in [5.74, 6) is 0.842. The van der Waals surface area contributed by atoms with Crippen LogP contribution in [0.25, 0.3) is 0 Å². The summed E-state index contributed by atoms with van der Waals surface area (Å²) in [6.45, 7) is 3.10. The Morgan fingerprint density at radius 3 is 2.61 bits per heavy atom. The van der Waals surface area contributed by atoms with Gasteiger partial charge in [-0.15, -0.1) is 0 Å². The summed E-state index contributed by atoms with van der Waals surface area (Å²) in [5, 5.41) is 9.29. The number of rotatable bonds is 3. The van der Waals surface area contributed by atoms with Crippen LogP contribution < -0.4 is 0 Å². The molecule has 18 heavy (non-hydrogen) atoms. The summed E-state index contributed by atoms with van der Waals surface area (Å²) in [5.41, 5.74) is 0.719. The molecule has 6 heteroatoms. The van der Waals surface area contributed by atoms with Gasteiger partial charge in [-0.1, -0.05) is 19.1 Å². The lowest BCUT2D eigenvalue weighted by atomic mass is 10.2. The van der Waals surface area contributed by atoms with E-state index in [-0.39, 0.29) is 6.61 Å². The molecule has 1 heterocycles. The molecule has 0 aromatic heterocycles. The molecule has 1 fully saturated rings. The highest BCUT2D eigenvalue weighted by molar-refractivity contribution is 8.00. The average molecular weight is 287 g/mol. The number of sulfonamides is 1. The summed E-state index contributed by atoms with van der Waals surface area (Å²) < 4.78 is 26.3. The van der Waals surface area contributed by atoms with E-state index in [0.717, 1.165) is 11.3 Å². The van der Waals surface area contributed by atoms with Crippen molar-refractivity contribution in [3.63, 3.8) is 0 Å². The molecule has 0 spiro atoms. The molecule has 1 N–H and O–H groups in total. The van der Waals surface area contributed by atoms with E-state index in [1.54, 1.807) is 40.3 Å². The van der Waals surface area contributed by atoms with E-state index in [0.29, 0.717) is 23.2 Å². The first kappa shape index (κ1) is 13.9. The molecule has 0 radical (unpaired) electrons. The largest absolute Gasteiger partial charge is 0.392 e. The maximum absolute atomic E-state index is 12.4. The second-order valence-electron chi connectivity index (χ2n) is 4.35. The van der Waals surface area contributed by atoms with Crippen LogP contribution in [0, 0.1) is 0 Å². The highest BCUT2D eigenvalue weighted by Crippen LogP contribution is 2.24. The average Bonchev–Trinajstić information content (AvgIpc) is 2.39. The SMILES string of the molecule is CC1CN(S(=O)(=O)c2ccc(CO)cc2)CCS1. The third-order valence-corrected chi connectivity index (χ3v) is 5.96. The normalized spacial score (nSPS) is 22.0. The lowest BCUT2D eigenvalue weighted by Gasteiger charge is -2.29. The fourth-order valence-corrected chi connectivity index (χ4v) is 4.67. The topological polar surface area (TPSA) is 57.6 Å². The smallest absolute Gasteiger partial charge is 0.243 e. The van der Waals surface area contributed by atoms with Crippen LogP contribution >= 0.6 is 11.8 Å². The van der Waals surface area contributed by atoms with Crippen molar-refractivity contribution in [1.82, 2.24) is 4.31 Å². The fraction of sp³-hybridized carbons (Fsp3) is 0.500. The van der Waals surface area contributed by atoms with Crippen molar-refractivity contribution in [2.45, 2.75) is 23.7 Å². The van der Waals surface area contributed by atoms with Gasteiger partial charge in [-0.05, 0) is 17.7 Å². The van der Waals surface area contributed by atoms with E-state index >= 15 is 0 Å². The van der Waals surface area contributed by atoms with E-state index in [9.17, 15) is 8.42 Å². The molecular weight excluding hydrogens is 270 g/mol. The third-order valence-electron chi connectivity index (χ3n) is 2.95. The van der Waals surface area contributed by atoms with Crippen molar-refractivity contribution < 1.29 is 13.5 Å². The molecule has 100 valence electrons. The van der Waals surface area contributed by atoms with Crippen molar-refractivity contribution >= 4 is 21.8 Å². The zero-order chi connectivity index (χ0) is 13.2. The molecule has 0 bridgehead atoms. The second-order valence-corrected chi connectivity index (χ2v) is 7.83. The van der Waals surface area contributed by atoms with Gasteiger partial charge in [0.05, 0.1) is 11.5 Å². The Morgan fingerprint density at radius 2 is 2.06 bits per heavy atom. The molecule has 1 unspecified atom stereocenters. The van der Waals surface area contributed by atoms with Crippen LogP contribution in [0.2, 0.25) is 0 Å². The highest BCUT2D eigenvalue weighted by Gasteiger charge is 2.28. The minimum atomic E-state index is -3.38. The van der Waals surface area contributed by atoms with Crippen LogP contribution in [0.15, 0.2) is 29.2 Å². The first-order valence-corrected chi connectivity index (χ1v) is 8.34. The number of hydrogen-bond donors (Lipinski definition) is 1. The molecule has 1 atom stereocenters. The molecule has 0 saturated carbocycles. The van der Waals surface area contributed by atoms with Gasteiger partial charge in [0.15, 0.2) is 0 Å². The van der Waals surface area contributed by atoms with Gasteiger partial charge >= 0.3 is 0 Å². The molecule has 1 aliphatic heterocycles. The maximum Gasteiger partial charge on any atom is 0.243 e. The molecule has 4 nitrogen and oxygen atoms in total. The van der Waals surface area contributed by atoms with E-state index in [1.807, 2.05) is 6.92 Å². The van der Waals surface area contributed by atoms with Crippen LogP contribution in [0.3, 0.4) is 0 Å². The lowest BCUT2D eigenvalue weighted by molar-refractivity contribution is 0.281. The van der Waals surface area contributed by atoms with Gasteiger partial charge in [-0.3, -0.25) is 0 Å². The Hall–Kier alpha value is -0.560. The first-order valence-electron chi connectivity index (χ1n) is 5.85. The summed E-state index contributed by atoms with van der Waals surface area (Å²) in [4.78, 5) is 0.304. The van der Waals surface area contributed by atoms with Crippen LogP contribution in [-0.2, 0) is 16.6 Å². The van der Waals surface area contributed by atoms with Gasteiger partial charge in [0, 0.05) is 24.1 Å². The molecule has 1 aromatic carbocycles. The van der Waals surface area contributed by atoms with Crippen molar-refractivity contribution in [1.29, 1.82) is 0 Å². The third kappa shape index (κ3) is 2.88. The molecule has 2 rings (SSSR count). The summed E-state index contributed by atoms with van der Waals surface area (Å²) in [6.07, 6.45) is 0. The minimum absolute atomic E-state index is 0.0717.